The summed E-state index contributed by atoms with van der Waals surface area (Å²) in [6.45, 7) is 0.564. The number of phenols is 1. The Labute approximate surface area is 145 Å². The fourth-order valence-electron chi connectivity index (χ4n) is 4.72. The largest absolute Gasteiger partial charge is 0.573 e. The predicted octanol–water partition coefficient (Wildman–Crippen LogP) is 3.48. The average molecular weight is 359 g/mol. The van der Waals surface area contributed by atoms with E-state index in [1.54, 1.807) is 0 Å². The zero-order chi connectivity index (χ0) is 18.4. The summed E-state index contributed by atoms with van der Waals surface area (Å²) in [5, 5.41) is 21.4. The zero-order valence-corrected chi connectivity index (χ0v) is 14.4. The molecule has 2 fully saturated rings. The fraction of sp³-hybridized carbons (Fsp3) is 0.667. The minimum atomic E-state index is -4.85. The Bertz CT molecular complexity index is 634. The molecule has 0 amide bonds. The van der Waals surface area contributed by atoms with Crippen LogP contribution in [0.4, 0.5) is 13.2 Å². The van der Waals surface area contributed by atoms with E-state index in [1.165, 1.54) is 6.07 Å². The molecular weight excluding hydrogens is 335 g/mol. The number of alkyl halides is 3. The van der Waals surface area contributed by atoms with E-state index in [9.17, 15) is 23.4 Å². The molecule has 2 N–H and O–H groups in total. The van der Waals surface area contributed by atoms with Crippen LogP contribution in [0.5, 0.6) is 11.5 Å². The SMILES string of the molecule is CN(C)C[C@H]1[C@H]2CC[C@H](C2)C[C@]1(O)c1cc(O)ccc1OC(F)(F)F. The van der Waals surface area contributed by atoms with Gasteiger partial charge in [0.15, 0.2) is 0 Å². The van der Waals surface area contributed by atoms with Gasteiger partial charge in [-0.2, -0.15) is 0 Å². The van der Waals surface area contributed by atoms with Crippen molar-refractivity contribution in [1.29, 1.82) is 0 Å². The molecule has 2 aliphatic carbocycles. The molecule has 1 aromatic carbocycles. The second-order valence-corrected chi connectivity index (χ2v) is 7.66. The molecular formula is C18H24F3NO3. The summed E-state index contributed by atoms with van der Waals surface area (Å²) < 4.78 is 42.6. The highest BCUT2D eigenvalue weighted by Gasteiger charge is 2.53. The summed E-state index contributed by atoms with van der Waals surface area (Å²) in [4.78, 5) is 1.95. The maximum absolute atomic E-state index is 12.8. The lowest BCUT2D eigenvalue weighted by molar-refractivity contribution is -0.275. The van der Waals surface area contributed by atoms with Gasteiger partial charge < -0.3 is 19.8 Å². The lowest BCUT2D eigenvalue weighted by atomic mass is 9.65. The monoisotopic (exact) mass is 359 g/mol. The Balaban J connectivity index is 2.06. The van der Waals surface area contributed by atoms with Crippen molar-refractivity contribution in [3.8, 4) is 11.5 Å². The van der Waals surface area contributed by atoms with E-state index in [4.69, 9.17) is 0 Å². The highest BCUT2D eigenvalue weighted by molar-refractivity contribution is 5.44. The minimum Gasteiger partial charge on any atom is -0.508 e. The highest BCUT2D eigenvalue weighted by Crippen LogP contribution is 2.56. The maximum Gasteiger partial charge on any atom is 0.573 e. The Kier molecular flexibility index (Phi) is 4.66. The molecule has 4 nitrogen and oxygen atoms in total. The molecule has 0 unspecified atom stereocenters. The van der Waals surface area contributed by atoms with E-state index in [1.807, 2.05) is 19.0 Å². The predicted molar refractivity (Wildman–Crippen MR) is 86.2 cm³/mol. The average Bonchev–Trinajstić information content (AvgIpc) is 2.87. The number of aliphatic hydroxyl groups is 1. The normalized spacial score (nSPS) is 32.2. The van der Waals surface area contributed by atoms with Crippen LogP contribution in [0.15, 0.2) is 18.2 Å². The molecule has 25 heavy (non-hydrogen) atoms. The van der Waals surface area contributed by atoms with Crippen LogP contribution in [-0.2, 0) is 5.60 Å². The standard InChI is InChI=1S/C18H24F3NO3/c1-22(2)10-15-12-4-3-11(7-12)9-17(15,24)14-8-13(23)5-6-16(14)25-18(19,20)21/h5-6,8,11-12,15,23-24H,3-4,7,9-10H2,1-2H3/t11-,12+,15+,17+/m1/s1. The number of rotatable bonds is 4. The maximum atomic E-state index is 12.8. The van der Waals surface area contributed by atoms with E-state index in [-0.39, 0.29) is 29.1 Å². The third-order valence-electron chi connectivity index (χ3n) is 5.58. The number of phenolic OH excluding ortho intramolecular Hbond substituents is 1. The summed E-state index contributed by atoms with van der Waals surface area (Å²) in [6, 6.07) is 3.44. The second kappa shape index (κ2) is 6.36. The van der Waals surface area contributed by atoms with Crippen molar-refractivity contribution in [3.05, 3.63) is 23.8 Å². The van der Waals surface area contributed by atoms with Crippen molar-refractivity contribution in [2.75, 3.05) is 20.6 Å². The summed E-state index contributed by atoms with van der Waals surface area (Å²) in [5.41, 5.74) is -1.42. The van der Waals surface area contributed by atoms with Gasteiger partial charge in [-0.3, -0.25) is 0 Å². The summed E-state index contributed by atoms with van der Waals surface area (Å²) >= 11 is 0. The summed E-state index contributed by atoms with van der Waals surface area (Å²) in [7, 11) is 3.77. The van der Waals surface area contributed by atoms with E-state index in [0.29, 0.717) is 13.0 Å². The fourth-order valence-corrected chi connectivity index (χ4v) is 4.72. The van der Waals surface area contributed by atoms with Crippen LogP contribution >= 0.6 is 0 Å². The van der Waals surface area contributed by atoms with Crippen LogP contribution in [0, 0.1) is 17.8 Å². The van der Waals surface area contributed by atoms with Gasteiger partial charge >= 0.3 is 6.36 Å². The topological polar surface area (TPSA) is 52.9 Å². The number of ether oxygens (including phenoxy) is 1. The van der Waals surface area contributed by atoms with Gasteiger partial charge in [0.2, 0.25) is 0 Å². The van der Waals surface area contributed by atoms with E-state index >= 15 is 0 Å². The van der Waals surface area contributed by atoms with Crippen molar-refractivity contribution in [2.24, 2.45) is 17.8 Å². The van der Waals surface area contributed by atoms with E-state index < -0.39 is 17.7 Å². The Morgan fingerprint density at radius 3 is 2.64 bits per heavy atom. The Morgan fingerprint density at radius 2 is 2.00 bits per heavy atom. The molecule has 0 heterocycles. The molecule has 4 atom stereocenters. The van der Waals surface area contributed by atoms with E-state index in [0.717, 1.165) is 31.4 Å². The number of halogens is 3. The van der Waals surface area contributed by atoms with Crippen molar-refractivity contribution < 1.29 is 28.1 Å². The molecule has 2 saturated carbocycles. The van der Waals surface area contributed by atoms with Gasteiger partial charge in [0.05, 0.1) is 5.60 Å². The Morgan fingerprint density at radius 1 is 1.28 bits per heavy atom. The molecule has 0 spiro atoms. The molecule has 1 aromatic rings. The second-order valence-electron chi connectivity index (χ2n) is 7.66. The van der Waals surface area contributed by atoms with Gasteiger partial charge in [-0.1, -0.05) is 6.42 Å². The van der Waals surface area contributed by atoms with Crippen LogP contribution in [0.1, 0.15) is 31.2 Å². The molecule has 2 bridgehead atoms. The molecule has 140 valence electrons. The van der Waals surface area contributed by atoms with Gasteiger partial charge in [-0.05, 0) is 63.4 Å². The lowest BCUT2D eigenvalue weighted by Gasteiger charge is -2.46. The number of hydrogen-bond donors (Lipinski definition) is 2. The van der Waals surface area contributed by atoms with Crippen LogP contribution in [0.2, 0.25) is 0 Å². The van der Waals surface area contributed by atoms with Crippen LogP contribution in [-0.4, -0.2) is 42.1 Å². The lowest BCUT2D eigenvalue weighted by Crippen LogP contribution is -2.47. The van der Waals surface area contributed by atoms with Gasteiger partial charge in [-0.25, -0.2) is 0 Å². The quantitative estimate of drug-likeness (QED) is 0.864. The third-order valence-corrected chi connectivity index (χ3v) is 5.58. The van der Waals surface area contributed by atoms with Gasteiger partial charge in [0.25, 0.3) is 0 Å². The first-order valence-corrected chi connectivity index (χ1v) is 8.55. The summed E-state index contributed by atoms with van der Waals surface area (Å²) in [5.74, 6) is -0.280. The number of fused-ring (bicyclic) bond motifs is 2. The van der Waals surface area contributed by atoms with Gasteiger partial charge in [0, 0.05) is 18.0 Å². The van der Waals surface area contributed by atoms with Crippen molar-refractivity contribution in [3.63, 3.8) is 0 Å². The first-order chi connectivity index (χ1) is 11.6. The van der Waals surface area contributed by atoms with Crippen LogP contribution in [0.25, 0.3) is 0 Å². The first-order valence-electron chi connectivity index (χ1n) is 8.55. The molecule has 0 saturated heterocycles. The van der Waals surface area contributed by atoms with Crippen LogP contribution < -0.4 is 4.74 Å². The van der Waals surface area contributed by atoms with Gasteiger partial charge in [0.1, 0.15) is 11.5 Å². The van der Waals surface area contributed by atoms with Crippen molar-refractivity contribution in [1.82, 2.24) is 4.90 Å². The smallest absolute Gasteiger partial charge is 0.508 e. The zero-order valence-electron chi connectivity index (χ0n) is 14.4. The molecule has 0 radical (unpaired) electrons. The Hall–Kier alpha value is -1.47. The van der Waals surface area contributed by atoms with E-state index in [2.05, 4.69) is 4.74 Å². The summed E-state index contributed by atoms with van der Waals surface area (Å²) in [6.07, 6.45) is -1.52. The number of nitrogens with zero attached hydrogens (tertiary/aromatic N) is 1. The molecule has 0 aliphatic heterocycles. The van der Waals surface area contributed by atoms with Crippen molar-refractivity contribution >= 4 is 0 Å². The highest BCUT2D eigenvalue weighted by atomic mass is 19.4. The first kappa shape index (κ1) is 18.3. The number of benzene rings is 1. The molecule has 2 aliphatic rings. The molecule has 3 rings (SSSR count). The minimum absolute atomic E-state index is 0.0354. The number of hydrogen-bond acceptors (Lipinski definition) is 4. The van der Waals surface area contributed by atoms with Gasteiger partial charge in [-0.15, -0.1) is 13.2 Å². The van der Waals surface area contributed by atoms with Crippen LogP contribution in [0.3, 0.4) is 0 Å². The molecule has 7 heteroatoms. The van der Waals surface area contributed by atoms with Crippen molar-refractivity contribution in [2.45, 2.75) is 37.6 Å². The molecule has 0 aromatic heterocycles. The number of aromatic hydroxyl groups is 1. The third kappa shape index (κ3) is 3.72.